The molecule has 96 valence electrons. The number of carbonyl (C=O) groups is 3. The van der Waals surface area contributed by atoms with E-state index in [4.69, 9.17) is 4.74 Å². The Bertz CT molecular complexity index is 329. The van der Waals surface area contributed by atoms with Gasteiger partial charge in [0.1, 0.15) is 0 Å². The van der Waals surface area contributed by atoms with Crippen LogP contribution in [0.3, 0.4) is 0 Å². The van der Waals surface area contributed by atoms with Crippen molar-refractivity contribution in [3.63, 3.8) is 0 Å². The summed E-state index contributed by atoms with van der Waals surface area (Å²) < 4.78 is 4.84. The van der Waals surface area contributed by atoms with Crippen molar-refractivity contribution in [1.29, 1.82) is 0 Å². The van der Waals surface area contributed by atoms with Crippen molar-refractivity contribution in [3.8, 4) is 0 Å². The van der Waals surface area contributed by atoms with Crippen LogP contribution >= 0.6 is 0 Å². The van der Waals surface area contributed by atoms with Gasteiger partial charge in [-0.2, -0.15) is 0 Å². The molecule has 0 spiro atoms. The Kier molecular flexibility index (Phi) is 4.48. The SMILES string of the molecule is CCOC(=O)C1C(=O)N(CC)CC(=O)N1CC. The van der Waals surface area contributed by atoms with E-state index in [1.165, 1.54) is 9.80 Å². The maximum absolute atomic E-state index is 12.0. The predicted octanol–water partition coefficient (Wildman–Crippen LogP) is -0.371. The van der Waals surface area contributed by atoms with Gasteiger partial charge in [-0.1, -0.05) is 0 Å². The molecule has 1 saturated heterocycles. The molecule has 1 fully saturated rings. The summed E-state index contributed by atoms with van der Waals surface area (Å²) in [4.78, 5) is 38.2. The second-order valence-corrected chi connectivity index (χ2v) is 3.69. The van der Waals surface area contributed by atoms with E-state index >= 15 is 0 Å². The third kappa shape index (κ3) is 2.57. The topological polar surface area (TPSA) is 66.9 Å². The number of esters is 1. The van der Waals surface area contributed by atoms with Gasteiger partial charge < -0.3 is 14.5 Å². The fourth-order valence-corrected chi connectivity index (χ4v) is 1.86. The number of likely N-dealkylation sites (N-methyl/N-ethyl adjacent to an activating group) is 2. The summed E-state index contributed by atoms with van der Waals surface area (Å²) in [5.41, 5.74) is 0. The van der Waals surface area contributed by atoms with Crippen molar-refractivity contribution in [3.05, 3.63) is 0 Å². The maximum Gasteiger partial charge on any atom is 0.338 e. The fourth-order valence-electron chi connectivity index (χ4n) is 1.86. The molecule has 1 atom stereocenters. The lowest BCUT2D eigenvalue weighted by Crippen LogP contribution is -2.62. The average Bonchev–Trinajstić information content (AvgIpc) is 2.31. The molecule has 1 heterocycles. The third-order valence-electron chi connectivity index (χ3n) is 2.74. The molecule has 0 radical (unpaired) electrons. The molecular weight excluding hydrogens is 224 g/mol. The van der Waals surface area contributed by atoms with E-state index in [1.807, 2.05) is 0 Å². The number of rotatable bonds is 4. The van der Waals surface area contributed by atoms with Crippen LogP contribution in [0.1, 0.15) is 20.8 Å². The van der Waals surface area contributed by atoms with Gasteiger partial charge in [0.2, 0.25) is 11.9 Å². The fraction of sp³-hybridized carbons (Fsp3) is 0.727. The summed E-state index contributed by atoms with van der Waals surface area (Å²) in [5, 5.41) is 0. The Hall–Kier alpha value is -1.59. The van der Waals surface area contributed by atoms with Crippen LogP contribution in [0.4, 0.5) is 0 Å². The zero-order chi connectivity index (χ0) is 13.0. The first-order valence-electron chi connectivity index (χ1n) is 5.81. The molecule has 0 saturated carbocycles. The number of hydrogen-bond acceptors (Lipinski definition) is 4. The van der Waals surface area contributed by atoms with Crippen LogP contribution in [-0.4, -0.2) is 59.9 Å². The van der Waals surface area contributed by atoms with Gasteiger partial charge >= 0.3 is 5.97 Å². The van der Waals surface area contributed by atoms with E-state index in [0.29, 0.717) is 13.1 Å². The molecule has 2 amide bonds. The molecule has 0 N–H and O–H groups in total. The summed E-state index contributed by atoms with van der Waals surface area (Å²) in [7, 11) is 0. The first-order valence-corrected chi connectivity index (χ1v) is 5.81. The molecule has 6 nitrogen and oxygen atoms in total. The van der Waals surface area contributed by atoms with Crippen LogP contribution in [0.5, 0.6) is 0 Å². The molecule has 1 unspecified atom stereocenters. The Balaban J connectivity index is 2.96. The van der Waals surface area contributed by atoms with E-state index in [9.17, 15) is 14.4 Å². The highest BCUT2D eigenvalue weighted by atomic mass is 16.5. The first kappa shape index (κ1) is 13.5. The highest BCUT2D eigenvalue weighted by molar-refractivity contribution is 6.08. The summed E-state index contributed by atoms with van der Waals surface area (Å²) in [6.45, 7) is 6.15. The van der Waals surface area contributed by atoms with Gasteiger partial charge in [-0.3, -0.25) is 9.59 Å². The van der Waals surface area contributed by atoms with Gasteiger partial charge in [-0.05, 0) is 20.8 Å². The Morgan fingerprint density at radius 2 is 1.94 bits per heavy atom. The summed E-state index contributed by atoms with van der Waals surface area (Å²) >= 11 is 0. The molecule has 17 heavy (non-hydrogen) atoms. The second kappa shape index (κ2) is 5.65. The van der Waals surface area contributed by atoms with Crippen LogP contribution in [-0.2, 0) is 19.1 Å². The van der Waals surface area contributed by atoms with Crippen molar-refractivity contribution in [2.45, 2.75) is 26.8 Å². The zero-order valence-electron chi connectivity index (χ0n) is 10.4. The monoisotopic (exact) mass is 242 g/mol. The van der Waals surface area contributed by atoms with Gasteiger partial charge in [0.25, 0.3) is 5.91 Å². The molecule has 1 rings (SSSR count). The van der Waals surface area contributed by atoms with Gasteiger partial charge in [-0.15, -0.1) is 0 Å². The lowest BCUT2D eigenvalue weighted by molar-refractivity contribution is -0.168. The van der Waals surface area contributed by atoms with Crippen LogP contribution in [0.25, 0.3) is 0 Å². The summed E-state index contributed by atoms with van der Waals surface area (Å²) in [6, 6.07) is -1.11. The molecular formula is C11H18N2O4. The van der Waals surface area contributed by atoms with Crippen molar-refractivity contribution < 1.29 is 19.1 Å². The largest absolute Gasteiger partial charge is 0.464 e. The minimum Gasteiger partial charge on any atom is -0.464 e. The van der Waals surface area contributed by atoms with Crippen molar-refractivity contribution in [2.24, 2.45) is 0 Å². The molecule has 0 aromatic heterocycles. The average molecular weight is 242 g/mol. The van der Waals surface area contributed by atoms with Gasteiger partial charge in [0, 0.05) is 13.1 Å². The van der Waals surface area contributed by atoms with E-state index in [-0.39, 0.29) is 25.0 Å². The van der Waals surface area contributed by atoms with Crippen LogP contribution < -0.4 is 0 Å². The van der Waals surface area contributed by atoms with E-state index in [1.54, 1.807) is 20.8 Å². The van der Waals surface area contributed by atoms with Gasteiger partial charge in [0.05, 0.1) is 13.2 Å². The number of hydrogen-bond donors (Lipinski definition) is 0. The summed E-state index contributed by atoms with van der Waals surface area (Å²) in [6.07, 6.45) is 0. The van der Waals surface area contributed by atoms with Crippen LogP contribution in [0.2, 0.25) is 0 Å². The van der Waals surface area contributed by atoms with Gasteiger partial charge in [-0.25, -0.2) is 4.79 Å². The number of carbonyl (C=O) groups excluding carboxylic acids is 3. The highest BCUT2D eigenvalue weighted by Crippen LogP contribution is 2.13. The number of nitrogens with zero attached hydrogens (tertiary/aromatic N) is 2. The highest BCUT2D eigenvalue weighted by Gasteiger charge is 2.43. The summed E-state index contributed by atoms with van der Waals surface area (Å²) in [5.74, 6) is -1.22. The Morgan fingerprint density at radius 3 is 2.41 bits per heavy atom. The van der Waals surface area contributed by atoms with Crippen molar-refractivity contribution in [1.82, 2.24) is 9.80 Å². The lowest BCUT2D eigenvalue weighted by Gasteiger charge is -2.37. The third-order valence-corrected chi connectivity index (χ3v) is 2.74. The molecule has 1 aliphatic rings. The van der Waals surface area contributed by atoms with Crippen LogP contribution in [0, 0.1) is 0 Å². The molecule has 1 aliphatic heterocycles. The predicted molar refractivity (Wildman–Crippen MR) is 60.1 cm³/mol. The Labute approximate surface area is 101 Å². The minimum absolute atomic E-state index is 0.0408. The zero-order valence-corrected chi connectivity index (χ0v) is 10.4. The molecule has 0 bridgehead atoms. The van der Waals surface area contributed by atoms with E-state index in [2.05, 4.69) is 0 Å². The number of ether oxygens (including phenoxy) is 1. The van der Waals surface area contributed by atoms with E-state index in [0.717, 1.165) is 0 Å². The molecule has 0 aromatic carbocycles. The van der Waals surface area contributed by atoms with Crippen LogP contribution in [0.15, 0.2) is 0 Å². The van der Waals surface area contributed by atoms with Gasteiger partial charge in [0.15, 0.2) is 0 Å². The number of piperazine rings is 1. The smallest absolute Gasteiger partial charge is 0.338 e. The first-order chi connectivity index (χ1) is 8.06. The second-order valence-electron chi connectivity index (χ2n) is 3.69. The maximum atomic E-state index is 12.0. The van der Waals surface area contributed by atoms with E-state index < -0.39 is 12.0 Å². The molecule has 6 heteroatoms. The molecule has 0 aliphatic carbocycles. The quantitative estimate of drug-likeness (QED) is 0.498. The van der Waals surface area contributed by atoms with Crippen molar-refractivity contribution in [2.75, 3.05) is 26.2 Å². The lowest BCUT2D eigenvalue weighted by atomic mass is 10.1. The standard InChI is InChI=1S/C11H18N2O4/c1-4-12-7-8(14)13(5-2)9(10(12)15)11(16)17-6-3/h9H,4-7H2,1-3H3. The number of amides is 2. The minimum atomic E-state index is -1.11. The Morgan fingerprint density at radius 1 is 1.29 bits per heavy atom. The molecule has 0 aromatic rings. The normalized spacial score (nSPS) is 20.8. The van der Waals surface area contributed by atoms with Crippen molar-refractivity contribution >= 4 is 17.8 Å².